The molecule has 146 valence electrons. The van der Waals surface area contributed by atoms with Crippen molar-refractivity contribution in [3.05, 3.63) is 32.2 Å². The molecule has 0 saturated carbocycles. The highest BCUT2D eigenvalue weighted by molar-refractivity contribution is 5.77. The van der Waals surface area contributed by atoms with Crippen molar-refractivity contribution >= 4 is 22.9 Å². The van der Waals surface area contributed by atoms with Crippen LogP contribution in [0.15, 0.2) is 9.59 Å². The molecule has 3 heterocycles. The van der Waals surface area contributed by atoms with E-state index in [2.05, 4.69) is 4.98 Å². The molecular weight excluding hydrogens is 350 g/mol. The molecule has 3 aromatic rings. The van der Waals surface area contributed by atoms with Crippen LogP contribution in [-0.4, -0.2) is 35.7 Å². The molecule has 0 aliphatic rings. The molecule has 0 fully saturated rings. The molecular formula is C18H25N5O4. The predicted octanol–water partition coefficient (Wildman–Crippen LogP) is 1.13. The van der Waals surface area contributed by atoms with Gasteiger partial charge in [-0.1, -0.05) is 13.3 Å². The highest BCUT2D eigenvalue weighted by atomic mass is 16.5. The van der Waals surface area contributed by atoms with E-state index in [1.165, 1.54) is 9.13 Å². The average Bonchev–Trinajstić information content (AvgIpc) is 3.12. The van der Waals surface area contributed by atoms with E-state index in [0.717, 1.165) is 24.2 Å². The van der Waals surface area contributed by atoms with Gasteiger partial charge in [0.1, 0.15) is 6.54 Å². The summed E-state index contributed by atoms with van der Waals surface area (Å²) in [7, 11) is 1.61. The zero-order valence-corrected chi connectivity index (χ0v) is 16.4. The predicted molar refractivity (Wildman–Crippen MR) is 101 cm³/mol. The van der Waals surface area contributed by atoms with E-state index in [1.807, 2.05) is 20.8 Å². The number of nitrogens with zero attached hydrogens (tertiary/aromatic N) is 5. The third kappa shape index (κ3) is 2.87. The standard InChI is InChI=1S/C18H25N5O4/c1-6-8-9-21-16(25)14-15(20(5)18(21)26)19-17-22(10-13(24)27-7-2)11(3)12(4)23(14)17/h6-10H2,1-5H3. The summed E-state index contributed by atoms with van der Waals surface area (Å²) in [5.74, 6) is 0.0767. The first-order valence-electron chi connectivity index (χ1n) is 9.16. The molecule has 27 heavy (non-hydrogen) atoms. The summed E-state index contributed by atoms with van der Waals surface area (Å²) in [5.41, 5.74) is 1.55. The van der Waals surface area contributed by atoms with E-state index < -0.39 is 0 Å². The molecule has 0 bridgehead atoms. The molecule has 3 aromatic heterocycles. The molecule has 0 spiro atoms. The van der Waals surface area contributed by atoms with E-state index in [0.29, 0.717) is 30.1 Å². The molecule has 9 nitrogen and oxygen atoms in total. The van der Waals surface area contributed by atoms with E-state index in [4.69, 9.17) is 4.74 Å². The number of imidazole rings is 2. The van der Waals surface area contributed by atoms with Crippen LogP contribution < -0.4 is 11.2 Å². The van der Waals surface area contributed by atoms with Crippen LogP contribution in [0.5, 0.6) is 0 Å². The zero-order chi connectivity index (χ0) is 19.9. The summed E-state index contributed by atoms with van der Waals surface area (Å²) in [6.45, 7) is 8.15. The number of aryl methyl sites for hydroxylation is 2. The van der Waals surface area contributed by atoms with Gasteiger partial charge in [0.15, 0.2) is 11.2 Å². The topological polar surface area (TPSA) is 92.5 Å². The van der Waals surface area contributed by atoms with Crippen LogP contribution in [0.3, 0.4) is 0 Å². The van der Waals surface area contributed by atoms with Gasteiger partial charge in [0.25, 0.3) is 5.56 Å². The van der Waals surface area contributed by atoms with E-state index in [9.17, 15) is 14.4 Å². The Balaban J connectivity index is 2.34. The van der Waals surface area contributed by atoms with Gasteiger partial charge in [-0.05, 0) is 27.2 Å². The summed E-state index contributed by atoms with van der Waals surface area (Å²) < 4.78 is 11.1. The minimum atomic E-state index is -0.381. The lowest BCUT2D eigenvalue weighted by molar-refractivity contribution is -0.143. The van der Waals surface area contributed by atoms with Gasteiger partial charge in [0, 0.05) is 25.0 Å². The molecule has 0 aromatic carbocycles. The van der Waals surface area contributed by atoms with Crippen molar-refractivity contribution < 1.29 is 9.53 Å². The minimum Gasteiger partial charge on any atom is -0.465 e. The van der Waals surface area contributed by atoms with Gasteiger partial charge in [-0.25, -0.2) is 4.79 Å². The van der Waals surface area contributed by atoms with Gasteiger partial charge in [-0.2, -0.15) is 4.98 Å². The first kappa shape index (κ1) is 18.9. The normalized spacial score (nSPS) is 11.6. The number of rotatable bonds is 6. The summed E-state index contributed by atoms with van der Waals surface area (Å²) in [5, 5.41) is 0. The summed E-state index contributed by atoms with van der Waals surface area (Å²) in [4.78, 5) is 42.2. The van der Waals surface area contributed by atoms with Gasteiger partial charge in [-0.15, -0.1) is 0 Å². The molecule has 0 radical (unpaired) electrons. The van der Waals surface area contributed by atoms with Crippen molar-refractivity contribution in [3.8, 4) is 0 Å². The monoisotopic (exact) mass is 375 g/mol. The maximum absolute atomic E-state index is 13.1. The van der Waals surface area contributed by atoms with Crippen LogP contribution in [-0.2, 0) is 29.7 Å². The van der Waals surface area contributed by atoms with Crippen LogP contribution in [0.4, 0.5) is 0 Å². The molecule has 0 amide bonds. The maximum atomic E-state index is 13.1. The Bertz CT molecular complexity index is 1150. The smallest absolute Gasteiger partial charge is 0.332 e. The van der Waals surface area contributed by atoms with Gasteiger partial charge in [0.05, 0.1) is 6.61 Å². The maximum Gasteiger partial charge on any atom is 0.332 e. The van der Waals surface area contributed by atoms with Gasteiger partial charge >= 0.3 is 11.7 Å². The Morgan fingerprint density at radius 3 is 2.44 bits per heavy atom. The number of carbonyl (C=O) groups is 1. The molecule has 0 atom stereocenters. The third-order valence-electron chi connectivity index (χ3n) is 4.96. The summed E-state index contributed by atoms with van der Waals surface area (Å²) in [6, 6.07) is 0. The van der Waals surface area contributed by atoms with Gasteiger partial charge in [0.2, 0.25) is 5.78 Å². The fourth-order valence-electron chi connectivity index (χ4n) is 3.35. The number of fused-ring (bicyclic) bond motifs is 3. The molecule has 0 aliphatic heterocycles. The number of unbranched alkanes of at least 4 members (excludes halogenated alkanes) is 1. The molecule has 0 saturated heterocycles. The van der Waals surface area contributed by atoms with Crippen molar-refractivity contribution in [1.29, 1.82) is 0 Å². The first-order valence-corrected chi connectivity index (χ1v) is 9.16. The number of ether oxygens (including phenoxy) is 1. The number of carbonyl (C=O) groups excluding carboxylic acids is 1. The van der Waals surface area contributed by atoms with Crippen molar-refractivity contribution in [1.82, 2.24) is 23.1 Å². The Kier molecular flexibility index (Phi) is 4.95. The molecule has 0 unspecified atom stereocenters. The van der Waals surface area contributed by atoms with Gasteiger partial charge < -0.3 is 9.30 Å². The highest BCUT2D eigenvalue weighted by Gasteiger charge is 2.23. The van der Waals surface area contributed by atoms with Crippen molar-refractivity contribution in [2.45, 2.75) is 53.6 Å². The fourth-order valence-corrected chi connectivity index (χ4v) is 3.35. The lowest BCUT2D eigenvalue weighted by atomic mass is 10.3. The van der Waals surface area contributed by atoms with Crippen LogP contribution in [0, 0.1) is 13.8 Å². The largest absolute Gasteiger partial charge is 0.465 e. The van der Waals surface area contributed by atoms with Gasteiger partial charge in [-0.3, -0.25) is 23.1 Å². The van der Waals surface area contributed by atoms with Crippen LogP contribution in [0.1, 0.15) is 38.1 Å². The highest BCUT2D eigenvalue weighted by Crippen LogP contribution is 2.20. The second-order valence-corrected chi connectivity index (χ2v) is 6.63. The Morgan fingerprint density at radius 2 is 1.81 bits per heavy atom. The number of aromatic nitrogens is 5. The third-order valence-corrected chi connectivity index (χ3v) is 4.96. The number of hydrogen-bond donors (Lipinski definition) is 0. The Labute approximate surface area is 155 Å². The number of esters is 1. The Morgan fingerprint density at radius 1 is 1.11 bits per heavy atom. The summed E-state index contributed by atoms with van der Waals surface area (Å²) in [6.07, 6.45) is 1.62. The van der Waals surface area contributed by atoms with Crippen LogP contribution in [0.2, 0.25) is 0 Å². The molecule has 0 aliphatic carbocycles. The second kappa shape index (κ2) is 7.05. The molecule has 3 rings (SSSR count). The summed E-state index contributed by atoms with van der Waals surface area (Å²) >= 11 is 0. The molecule has 0 N–H and O–H groups in total. The van der Waals surface area contributed by atoms with E-state index >= 15 is 0 Å². The minimum absolute atomic E-state index is 0.00168. The SMILES string of the molecule is CCCCn1c(=O)c2c(nc3n(CC(=O)OCC)c(C)c(C)n23)n(C)c1=O. The van der Waals surface area contributed by atoms with Crippen molar-refractivity contribution in [3.63, 3.8) is 0 Å². The van der Waals surface area contributed by atoms with Crippen molar-refractivity contribution in [2.75, 3.05) is 6.61 Å². The van der Waals surface area contributed by atoms with Crippen LogP contribution in [0.25, 0.3) is 16.9 Å². The fraction of sp³-hybridized carbons (Fsp3) is 0.556. The number of hydrogen-bond acceptors (Lipinski definition) is 5. The lowest BCUT2D eigenvalue weighted by Gasteiger charge is -2.08. The average molecular weight is 375 g/mol. The second-order valence-electron chi connectivity index (χ2n) is 6.63. The van der Waals surface area contributed by atoms with E-state index in [1.54, 1.807) is 22.9 Å². The quantitative estimate of drug-likeness (QED) is 0.602. The first-order chi connectivity index (χ1) is 12.8. The zero-order valence-electron chi connectivity index (χ0n) is 16.4. The lowest BCUT2D eigenvalue weighted by Crippen LogP contribution is -2.39. The Hall–Kier alpha value is -2.84. The van der Waals surface area contributed by atoms with E-state index in [-0.39, 0.29) is 23.8 Å². The molecule has 9 heteroatoms. The van der Waals surface area contributed by atoms with Crippen molar-refractivity contribution in [2.24, 2.45) is 7.05 Å². The van der Waals surface area contributed by atoms with Crippen LogP contribution >= 0.6 is 0 Å².